The summed E-state index contributed by atoms with van der Waals surface area (Å²) in [5, 5.41) is 18.0. The summed E-state index contributed by atoms with van der Waals surface area (Å²) in [6, 6.07) is 18.7. The van der Waals surface area contributed by atoms with Crippen molar-refractivity contribution in [2.45, 2.75) is 0 Å². The maximum Gasteiger partial charge on any atom is 0.186 e. The van der Waals surface area contributed by atoms with Crippen LogP contribution in [0.25, 0.3) is 12.2 Å². The van der Waals surface area contributed by atoms with Gasteiger partial charge in [0.15, 0.2) is 5.78 Å². The van der Waals surface area contributed by atoms with Gasteiger partial charge in [0.2, 0.25) is 0 Å². The molecule has 1 saturated heterocycles. The van der Waals surface area contributed by atoms with Crippen LogP contribution in [-0.4, -0.2) is 17.3 Å². The Labute approximate surface area is 150 Å². The molecule has 0 radical (unpaired) electrons. The zero-order valence-corrected chi connectivity index (χ0v) is 14.2. The Morgan fingerprint density at radius 2 is 1.32 bits per heavy atom. The van der Waals surface area contributed by atoms with Gasteiger partial charge in [0, 0.05) is 22.7 Å². The third-order valence-corrected chi connectivity index (χ3v) is 4.84. The lowest BCUT2D eigenvalue weighted by Gasteiger charge is -2.16. The largest absolute Gasteiger partial charge is 0.289 e. The topological polar surface area (TPSA) is 64.7 Å². The van der Waals surface area contributed by atoms with Crippen LogP contribution in [0.5, 0.6) is 0 Å². The lowest BCUT2D eigenvalue weighted by atomic mass is 9.99. The van der Waals surface area contributed by atoms with Gasteiger partial charge in [-0.25, -0.2) is 0 Å². The second kappa shape index (κ2) is 7.66. The number of ketones is 1. The molecule has 2 aromatic carbocycles. The highest BCUT2D eigenvalue weighted by molar-refractivity contribution is 7.99. The molecular weight excluding hydrogens is 328 g/mol. The summed E-state index contributed by atoms with van der Waals surface area (Å²) in [7, 11) is 0. The van der Waals surface area contributed by atoms with E-state index in [1.165, 1.54) is 0 Å². The van der Waals surface area contributed by atoms with Crippen molar-refractivity contribution in [2.75, 3.05) is 11.5 Å². The van der Waals surface area contributed by atoms with Gasteiger partial charge in [-0.15, -0.1) is 0 Å². The van der Waals surface area contributed by atoms with Crippen molar-refractivity contribution >= 4 is 29.7 Å². The van der Waals surface area contributed by atoms with Gasteiger partial charge in [0.1, 0.15) is 0 Å². The average Bonchev–Trinajstić information content (AvgIpc) is 2.65. The number of hydrogen-bond acceptors (Lipinski definition) is 4. The van der Waals surface area contributed by atoms with Gasteiger partial charge in [-0.2, -0.15) is 22.3 Å². The molecule has 0 atom stereocenters. The number of Topliss-reactive ketones (excluding diaryl/α,β-unsaturated/α-hetero) is 1. The van der Waals surface area contributed by atoms with Crippen molar-refractivity contribution in [3.05, 3.63) is 81.9 Å². The number of hydrogen-bond donors (Lipinski definition) is 0. The molecule has 0 saturated carbocycles. The Morgan fingerprint density at radius 1 is 0.840 bits per heavy atom. The van der Waals surface area contributed by atoms with Crippen LogP contribution in [0.4, 0.5) is 0 Å². The summed E-state index contributed by atoms with van der Waals surface area (Å²) in [5.74, 6) is 1.35. The lowest BCUT2D eigenvalue weighted by Crippen LogP contribution is -2.16. The molecule has 3 rings (SSSR count). The molecule has 1 fully saturated rings. The van der Waals surface area contributed by atoms with E-state index in [9.17, 15) is 4.79 Å². The van der Waals surface area contributed by atoms with E-state index in [1.807, 2.05) is 36.4 Å². The smallest absolute Gasteiger partial charge is 0.186 e. The van der Waals surface area contributed by atoms with Gasteiger partial charge in [-0.05, 0) is 47.5 Å². The van der Waals surface area contributed by atoms with E-state index in [0.717, 1.165) is 22.3 Å². The summed E-state index contributed by atoms with van der Waals surface area (Å²) in [6.45, 7) is 0. The normalized spacial score (nSPS) is 17.3. The Balaban J connectivity index is 1.90. The van der Waals surface area contributed by atoms with Crippen molar-refractivity contribution in [2.24, 2.45) is 0 Å². The van der Waals surface area contributed by atoms with Gasteiger partial charge in [0.25, 0.3) is 0 Å². The van der Waals surface area contributed by atoms with Crippen LogP contribution < -0.4 is 0 Å². The van der Waals surface area contributed by atoms with E-state index in [-0.39, 0.29) is 5.78 Å². The fourth-order valence-corrected chi connectivity index (χ4v) is 3.59. The molecular formula is C21H14N2OS. The fourth-order valence-electron chi connectivity index (χ4n) is 2.62. The van der Waals surface area contributed by atoms with E-state index in [1.54, 1.807) is 36.0 Å². The molecule has 1 heterocycles. The standard InChI is InChI=1S/C21H14N2OS/c22-11-17-5-1-3-15(7-17)9-19-13-25-14-20(21(19)24)10-16-4-2-6-18(8-16)12-23/h1-10H,13-14H2/b19-9-,20-10+. The molecule has 4 heteroatoms. The van der Waals surface area contributed by atoms with Crippen molar-refractivity contribution in [1.82, 2.24) is 0 Å². The first kappa shape index (κ1) is 16.8. The zero-order valence-electron chi connectivity index (χ0n) is 13.4. The minimum absolute atomic E-state index is 0.0310. The van der Waals surface area contributed by atoms with Crippen LogP contribution in [0.15, 0.2) is 59.7 Å². The number of nitrogens with zero attached hydrogens (tertiary/aromatic N) is 2. The predicted molar refractivity (Wildman–Crippen MR) is 101 cm³/mol. The molecule has 0 spiro atoms. The molecule has 1 aliphatic heterocycles. The zero-order chi connectivity index (χ0) is 17.6. The van der Waals surface area contributed by atoms with Crippen LogP contribution in [0, 0.1) is 22.7 Å². The van der Waals surface area contributed by atoms with Crippen molar-refractivity contribution in [3.8, 4) is 12.1 Å². The number of rotatable bonds is 2. The van der Waals surface area contributed by atoms with Gasteiger partial charge < -0.3 is 0 Å². The monoisotopic (exact) mass is 342 g/mol. The van der Waals surface area contributed by atoms with Crippen LogP contribution in [-0.2, 0) is 4.79 Å². The molecule has 0 N–H and O–H groups in total. The molecule has 1 aliphatic rings. The average molecular weight is 342 g/mol. The molecule has 0 bridgehead atoms. The van der Waals surface area contributed by atoms with Crippen molar-refractivity contribution in [3.63, 3.8) is 0 Å². The number of benzene rings is 2. The fraction of sp³-hybridized carbons (Fsp3) is 0.0952. The summed E-state index contributed by atoms with van der Waals surface area (Å²) in [5.41, 5.74) is 4.33. The maximum atomic E-state index is 12.8. The van der Waals surface area contributed by atoms with Crippen molar-refractivity contribution < 1.29 is 4.79 Å². The highest BCUT2D eigenvalue weighted by Crippen LogP contribution is 2.27. The molecule has 2 aromatic rings. The van der Waals surface area contributed by atoms with E-state index in [2.05, 4.69) is 12.1 Å². The van der Waals surface area contributed by atoms with Gasteiger partial charge in [0.05, 0.1) is 23.3 Å². The molecule has 120 valence electrons. The molecule has 0 aliphatic carbocycles. The highest BCUT2D eigenvalue weighted by Gasteiger charge is 2.21. The van der Waals surface area contributed by atoms with E-state index >= 15 is 0 Å². The SMILES string of the molecule is N#Cc1cccc(/C=C2\CSC/C(=C/c3cccc(C#N)c3)C2=O)c1. The predicted octanol–water partition coefficient (Wildman–Crippen LogP) is 4.21. The van der Waals surface area contributed by atoms with Gasteiger partial charge in [-0.1, -0.05) is 24.3 Å². The van der Waals surface area contributed by atoms with Crippen molar-refractivity contribution in [1.29, 1.82) is 10.5 Å². The van der Waals surface area contributed by atoms with Crippen LogP contribution >= 0.6 is 11.8 Å². The first-order valence-corrected chi connectivity index (χ1v) is 8.89. The Kier molecular flexibility index (Phi) is 5.14. The summed E-state index contributed by atoms with van der Waals surface area (Å²) < 4.78 is 0. The number of nitriles is 2. The molecule has 0 amide bonds. The van der Waals surface area contributed by atoms with Crippen LogP contribution in [0.3, 0.4) is 0 Å². The van der Waals surface area contributed by atoms with Gasteiger partial charge in [-0.3, -0.25) is 4.79 Å². The van der Waals surface area contributed by atoms with E-state index in [4.69, 9.17) is 10.5 Å². The third kappa shape index (κ3) is 4.07. The first-order valence-electron chi connectivity index (χ1n) is 7.73. The second-order valence-corrected chi connectivity index (χ2v) is 6.62. The minimum Gasteiger partial charge on any atom is -0.289 e. The highest BCUT2D eigenvalue weighted by atomic mass is 32.2. The molecule has 0 unspecified atom stereocenters. The Morgan fingerprint density at radius 3 is 1.76 bits per heavy atom. The number of carbonyl (C=O) groups is 1. The summed E-state index contributed by atoms with van der Waals surface area (Å²) in [4.78, 5) is 12.8. The van der Waals surface area contributed by atoms with Crippen LogP contribution in [0.2, 0.25) is 0 Å². The first-order chi connectivity index (χ1) is 12.2. The van der Waals surface area contributed by atoms with Gasteiger partial charge >= 0.3 is 0 Å². The quantitative estimate of drug-likeness (QED) is 0.767. The molecule has 3 nitrogen and oxygen atoms in total. The van der Waals surface area contributed by atoms with Crippen LogP contribution in [0.1, 0.15) is 22.3 Å². The lowest BCUT2D eigenvalue weighted by molar-refractivity contribution is -0.112. The van der Waals surface area contributed by atoms with E-state index in [0.29, 0.717) is 22.6 Å². The molecule has 25 heavy (non-hydrogen) atoms. The Bertz CT molecular complexity index is 896. The molecule has 0 aromatic heterocycles. The maximum absolute atomic E-state index is 12.8. The summed E-state index contributed by atoms with van der Waals surface area (Å²) in [6.07, 6.45) is 3.71. The number of carbonyl (C=O) groups excluding carboxylic acids is 1. The van der Waals surface area contributed by atoms with E-state index < -0.39 is 0 Å². The second-order valence-electron chi connectivity index (χ2n) is 5.64. The minimum atomic E-state index is 0.0310. The number of thioether (sulfide) groups is 1. The summed E-state index contributed by atoms with van der Waals surface area (Å²) >= 11 is 1.69. The third-order valence-electron chi connectivity index (χ3n) is 3.81. The Hall–Kier alpha value is -3.08.